The van der Waals surface area contributed by atoms with Gasteiger partial charge in [-0.05, 0) is 24.6 Å². The van der Waals surface area contributed by atoms with E-state index in [0.717, 1.165) is 11.3 Å². The van der Waals surface area contributed by atoms with Crippen LogP contribution in [0.4, 0.5) is 0 Å². The van der Waals surface area contributed by atoms with Gasteiger partial charge < -0.3 is 0 Å². The number of hydrogen-bond acceptors (Lipinski definition) is 3. The molecule has 0 aliphatic rings. The maximum Gasteiger partial charge on any atom is 0.367 e. The zero-order valence-electron chi connectivity index (χ0n) is 9.05. The summed E-state index contributed by atoms with van der Waals surface area (Å²) in [6.07, 6.45) is 2.12. The van der Waals surface area contributed by atoms with Crippen LogP contribution in [0, 0.1) is 6.92 Å². The molecule has 80 valence electrons. The summed E-state index contributed by atoms with van der Waals surface area (Å²) in [5, 5.41) is 0. The van der Waals surface area contributed by atoms with Crippen LogP contribution < -0.4 is 5.69 Å². The average molecular weight is 212 g/mol. The van der Waals surface area contributed by atoms with E-state index < -0.39 is 5.69 Å². The largest absolute Gasteiger partial charge is 0.367 e. The average Bonchev–Trinajstić information content (AvgIpc) is 2.46. The molecule has 2 aromatic rings. The molecule has 1 aromatic heterocycles. The Kier molecular flexibility index (Phi) is 3.05. The number of hydrogen-bond donors (Lipinski definition) is 0. The van der Waals surface area contributed by atoms with Crippen molar-refractivity contribution in [1.82, 2.24) is 9.97 Å². The molecule has 0 bridgehead atoms. The monoisotopic (exact) mass is 212 g/mol. The second-order valence-electron chi connectivity index (χ2n) is 3.69. The second kappa shape index (κ2) is 4.66. The van der Waals surface area contributed by atoms with E-state index in [2.05, 4.69) is 22.1 Å². The SMILES string of the molecule is Cc1ccc(Cc2cccnc(=O)n2)cc1. The highest BCUT2D eigenvalue weighted by Crippen LogP contribution is 2.07. The van der Waals surface area contributed by atoms with Crippen LogP contribution in [-0.2, 0) is 6.42 Å². The van der Waals surface area contributed by atoms with Crippen molar-refractivity contribution >= 4 is 0 Å². The van der Waals surface area contributed by atoms with Crippen molar-refractivity contribution in [3.8, 4) is 0 Å². The Bertz CT molecular complexity index is 535. The van der Waals surface area contributed by atoms with Crippen LogP contribution in [0.15, 0.2) is 47.4 Å². The molecule has 16 heavy (non-hydrogen) atoms. The van der Waals surface area contributed by atoms with Gasteiger partial charge in [0, 0.05) is 12.6 Å². The summed E-state index contributed by atoms with van der Waals surface area (Å²) in [6, 6.07) is 11.7. The van der Waals surface area contributed by atoms with E-state index in [-0.39, 0.29) is 0 Å². The number of aryl methyl sites for hydroxylation is 1. The predicted octanol–water partition coefficient (Wildman–Crippen LogP) is 1.74. The van der Waals surface area contributed by atoms with Crippen molar-refractivity contribution in [1.29, 1.82) is 0 Å². The Balaban J connectivity index is 2.27. The lowest BCUT2D eigenvalue weighted by Gasteiger charge is -1.99. The number of rotatable bonds is 2. The van der Waals surface area contributed by atoms with Gasteiger partial charge in [0.05, 0.1) is 5.69 Å². The van der Waals surface area contributed by atoms with Crippen LogP contribution in [-0.4, -0.2) is 9.97 Å². The molecule has 3 nitrogen and oxygen atoms in total. The molecular formula is C13H12N2O. The van der Waals surface area contributed by atoms with Gasteiger partial charge in [-0.15, -0.1) is 0 Å². The number of aromatic nitrogens is 2. The van der Waals surface area contributed by atoms with Crippen molar-refractivity contribution in [2.45, 2.75) is 13.3 Å². The van der Waals surface area contributed by atoms with E-state index in [1.54, 1.807) is 6.07 Å². The minimum Gasteiger partial charge on any atom is -0.244 e. The molecule has 0 aliphatic carbocycles. The first kappa shape index (κ1) is 10.5. The van der Waals surface area contributed by atoms with Crippen LogP contribution in [0.25, 0.3) is 0 Å². The van der Waals surface area contributed by atoms with Crippen molar-refractivity contribution in [2.75, 3.05) is 0 Å². The summed E-state index contributed by atoms with van der Waals surface area (Å²) in [4.78, 5) is 18.6. The Labute approximate surface area is 93.8 Å². The summed E-state index contributed by atoms with van der Waals surface area (Å²) < 4.78 is 0. The standard InChI is InChI=1S/C13H12N2O/c1-10-4-6-11(7-5-10)9-12-3-2-8-14-13(16)15-12/h2-8H,9H2,1H3. The molecule has 0 amide bonds. The maximum atomic E-state index is 11.1. The third-order valence-corrected chi connectivity index (χ3v) is 2.30. The van der Waals surface area contributed by atoms with Crippen LogP contribution in [0.3, 0.4) is 0 Å². The zero-order chi connectivity index (χ0) is 11.4. The van der Waals surface area contributed by atoms with E-state index in [9.17, 15) is 4.79 Å². The Morgan fingerprint density at radius 2 is 1.88 bits per heavy atom. The summed E-state index contributed by atoms with van der Waals surface area (Å²) in [6.45, 7) is 2.05. The summed E-state index contributed by atoms with van der Waals surface area (Å²) >= 11 is 0. The van der Waals surface area contributed by atoms with Gasteiger partial charge in [-0.1, -0.05) is 29.8 Å². The van der Waals surface area contributed by atoms with Gasteiger partial charge in [0.2, 0.25) is 0 Å². The van der Waals surface area contributed by atoms with Gasteiger partial charge in [0.1, 0.15) is 0 Å². The molecule has 1 aromatic carbocycles. The molecule has 0 atom stereocenters. The predicted molar refractivity (Wildman–Crippen MR) is 62.3 cm³/mol. The lowest BCUT2D eigenvalue weighted by Crippen LogP contribution is -2.07. The first-order chi connectivity index (χ1) is 7.74. The third-order valence-electron chi connectivity index (χ3n) is 2.30. The van der Waals surface area contributed by atoms with Crippen LogP contribution in [0.5, 0.6) is 0 Å². The molecule has 0 saturated heterocycles. The highest BCUT2D eigenvalue weighted by molar-refractivity contribution is 5.24. The van der Waals surface area contributed by atoms with Crippen LogP contribution >= 0.6 is 0 Å². The summed E-state index contributed by atoms with van der Waals surface area (Å²) in [5.41, 5.74) is 2.67. The fourth-order valence-electron chi connectivity index (χ4n) is 1.46. The normalized spacial score (nSPS) is 10.1. The molecule has 0 fully saturated rings. The van der Waals surface area contributed by atoms with Gasteiger partial charge in [-0.25, -0.2) is 9.78 Å². The molecular weight excluding hydrogens is 200 g/mol. The topological polar surface area (TPSA) is 42.9 Å². The molecule has 0 radical (unpaired) electrons. The van der Waals surface area contributed by atoms with Crippen molar-refractivity contribution in [3.63, 3.8) is 0 Å². The highest BCUT2D eigenvalue weighted by Gasteiger charge is 1.97. The van der Waals surface area contributed by atoms with E-state index >= 15 is 0 Å². The Morgan fingerprint density at radius 1 is 1.12 bits per heavy atom. The summed E-state index contributed by atoms with van der Waals surface area (Å²) in [7, 11) is 0. The Morgan fingerprint density at radius 3 is 2.62 bits per heavy atom. The maximum absolute atomic E-state index is 11.1. The number of benzene rings is 1. The van der Waals surface area contributed by atoms with Crippen molar-refractivity contribution in [2.24, 2.45) is 0 Å². The van der Waals surface area contributed by atoms with Gasteiger partial charge in [-0.3, -0.25) is 0 Å². The lowest BCUT2D eigenvalue weighted by molar-refractivity contribution is 1.02. The van der Waals surface area contributed by atoms with E-state index in [4.69, 9.17) is 0 Å². The minimum atomic E-state index is -0.438. The minimum absolute atomic E-state index is 0.438. The van der Waals surface area contributed by atoms with E-state index in [1.165, 1.54) is 11.8 Å². The van der Waals surface area contributed by atoms with Gasteiger partial charge >= 0.3 is 5.69 Å². The fraction of sp³-hybridized carbons (Fsp3) is 0.154. The molecule has 2 rings (SSSR count). The van der Waals surface area contributed by atoms with E-state index in [1.807, 2.05) is 25.1 Å². The van der Waals surface area contributed by atoms with Gasteiger partial charge in [0.25, 0.3) is 0 Å². The van der Waals surface area contributed by atoms with Crippen LogP contribution in [0.2, 0.25) is 0 Å². The zero-order valence-corrected chi connectivity index (χ0v) is 9.05. The smallest absolute Gasteiger partial charge is 0.244 e. The number of nitrogens with zero attached hydrogens (tertiary/aromatic N) is 2. The molecule has 0 saturated carbocycles. The molecule has 0 spiro atoms. The quantitative estimate of drug-likeness (QED) is 0.761. The highest BCUT2D eigenvalue weighted by atomic mass is 16.1. The van der Waals surface area contributed by atoms with Crippen LogP contribution in [0.1, 0.15) is 16.8 Å². The fourth-order valence-corrected chi connectivity index (χ4v) is 1.46. The Hall–Kier alpha value is -2.03. The summed E-state index contributed by atoms with van der Waals surface area (Å²) in [5.74, 6) is 0. The molecule has 1 heterocycles. The molecule has 3 heteroatoms. The van der Waals surface area contributed by atoms with E-state index in [0.29, 0.717) is 6.42 Å². The van der Waals surface area contributed by atoms with Gasteiger partial charge in [0.15, 0.2) is 0 Å². The first-order valence-corrected chi connectivity index (χ1v) is 5.12. The van der Waals surface area contributed by atoms with Gasteiger partial charge in [-0.2, -0.15) is 4.98 Å². The molecule has 0 unspecified atom stereocenters. The molecule has 0 aliphatic heterocycles. The lowest BCUT2D eigenvalue weighted by atomic mass is 10.1. The first-order valence-electron chi connectivity index (χ1n) is 5.12. The third kappa shape index (κ3) is 2.73. The molecule has 0 N–H and O–H groups in total. The van der Waals surface area contributed by atoms with Crippen molar-refractivity contribution in [3.05, 3.63) is 69.9 Å². The second-order valence-corrected chi connectivity index (χ2v) is 3.69. The van der Waals surface area contributed by atoms with Crippen molar-refractivity contribution < 1.29 is 0 Å².